The van der Waals surface area contributed by atoms with E-state index in [9.17, 15) is 18.0 Å². The Balaban J connectivity index is 1.31. The Labute approximate surface area is 216 Å². The Bertz CT molecular complexity index is 1390. The van der Waals surface area contributed by atoms with Gasteiger partial charge in [-0.25, -0.2) is 0 Å². The normalized spacial score (nSPS) is 18.3. The Morgan fingerprint density at radius 2 is 1.89 bits per heavy atom. The fourth-order valence-electron chi connectivity index (χ4n) is 4.56. The predicted octanol–water partition coefficient (Wildman–Crippen LogP) is 3.99. The standard InChI is InChI=1S/C26H26F3N5O2S/c1-17-2-4-19(21(12-17)26(27,28)29)16-34-22-5-3-18(13-20(22)15-30-34)14-23-24(36)31-25(37-23)33-8-6-32(7-9-33)10-11-35/h2-5,12-15,35H,6-11,16H2,1H3/b23-14-. The van der Waals surface area contributed by atoms with Gasteiger partial charge in [0.25, 0.3) is 5.91 Å². The number of hydrogen-bond acceptors (Lipinski definition) is 6. The number of thioether (sulfide) groups is 1. The van der Waals surface area contributed by atoms with Gasteiger partial charge in [0, 0.05) is 38.1 Å². The van der Waals surface area contributed by atoms with Gasteiger partial charge in [0.2, 0.25) is 0 Å². The highest BCUT2D eigenvalue weighted by Crippen LogP contribution is 2.34. The summed E-state index contributed by atoms with van der Waals surface area (Å²) >= 11 is 1.34. The second-order valence-electron chi connectivity index (χ2n) is 9.14. The van der Waals surface area contributed by atoms with E-state index in [4.69, 9.17) is 5.11 Å². The number of amides is 1. The highest BCUT2D eigenvalue weighted by molar-refractivity contribution is 8.18. The highest BCUT2D eigenvalue weighted by atomic mass is 32.2. The van der Waals surface area contributed by atoms with Crippen LogP contribution in [-0.4, -0.2) is 75.1 Å². The molecule has 1 saturated heterocycles. The summed E-state index contributed by atoms with van der Waals surface area (Å²) in [6.45, 7) is 5.51. The Morgan fingerprint density at radius 1 is 1.11 bits per heavy atom. The molecule has 1 fully saturated rings. The van der Waals surface area contributed by atoms with Gasteiger partial charge >= 0.3 is 6.18 Å². The smallest absolute Gasteiger partial charge is 0.395 e. The average molecular weight is 530 g/mol. The van der Waals surface area contributed by atoms with Crippen molar-refractivity contribution in [2.24, 2.45) is 4.99 Å². The van der Waals surface area contributed by atoms with E-state index >= 15 is 0 Å². The summed E-state index contributed by atoms with van der Waals surface area (Å²) in [5, 5.41) is 14.9. The summed E-state index contributed by atoms with van der Waals surface area (Å²) < 4.78 is 42.2. The van der Waals surface area contributed by atoms with Gasteiger partial charge in [-0.3, -0.25) is 14.4 Å². The van der Waals surface area contributed by atoms with Crippen molar-refractivity contribution >= 4 is 39.8 Å². The van der Waals surface area contributed by atoms with E-state index in [1.54, 1.807) is 29.9 Å². The van der Waals surface area contributed by atoms with Crippen LogP contribution in [-0.2, 0) is 17.5 Å². The molecule has 1 amide bonds. The van der Waals surface area contributed by atoms with Crippen LogP contribution in [0.2, 0.25) is 0 Å². The first-order chi connectivity index (χ1) is 17.7. The number of aliphatic hydroxyl groups is 1. The molecule has 194 valence electrons. The number of carbonyl (C=O) groups excluding carboxylic acids is 1. The highest BCUT2D eigenvalue weighted by Gasteiger charge is 2.33. The number of β-amino-alcohol motifs (C(OH)–C–C–N with tert-alkyl or cyclic N) is 1. The minimum Gasteiger partial charge on any atom is -0.395 e. The lowest BCUT2D eigenvalue weighted by molar-refractivity contribution is -0.138. The molecular weight excluding hydrogens is 503 g/mol. The molecule has 0 bridgehead atoms. The van der Waals surface area contributed by atoms with Crippen molar-refractivity contribution in [3.63, 3.8) is 0 Å². The quantitative estimate of drug-likeness (QED) is 0.504. The van der Waals surface area contributed by atoms with Gasteiger partial charge in [-0.2, -0.15) is 23.3 Å². The van der Waals surface area contributed by atoms with Gasteiger partial charge in [-0.15, -0.1) is 0 Å². The molecule has 0 atom stereocenters. The summed E-state index contributed by atoms with van der Waals surface area (Å²) in [4.78, 5) is 21.6. The maximum Gasteiger partial charge on any atom is 0.416 e. The number of nitrogens with zero attached hydrogens (tertiary/aromatic N) is 5. The van der Waals surface area contributed by atoms with E-state index in [0.717, 1.165) is 43.2 Å². The van der Waals surface area contributed by atoms with Crippen LogP contribution >= 0.6 is 11.8 Å². The topological polar surface area (TPSA) is 74.0 Å². The van der Waals surface area contributed by atoms with Crippen LogP contribution in [0.3, 0.4) is 0 Å². The lowest BCUT2D eigenvalue weighted by atomic mass is 10.0. The van der Waals surface area contributed by atoms with Gasteiger partial charge in [0.05, 0.1) is 35.3 Å². The van der Waals surface area contributed by atoms with Crippen LogP contribution < -0.4 is 0 Å². The van der Waals surface area contributed by atoms with E-state index in [1.165, 1.54) is 17.8 Å². The lowest BCUT2D eigenvalue weighted by Gasteiger charge is -2.34. The largest absolute Gasteiger partial charge is 0.416 e. The van der Waals surface area contributed by atoms with E-state index in [2.05, 4.69) is 19.9 Å². The monoisotopic (exact) mass is 529 g/mol. The maximum absolute atomic E-state index is 13.6. The number of alkyl halides is 3. The maximum atomic E-state index is 13.6. The average Bonchev–Trinajstić information content (AvgIpc) is 3.43. The fraction of sp³-hybridized carbons (Fsp3) is 0.346. The minimum absolute atomic E-state index is 0.00380. The first-order valence-corrected chi connectivity index (χ1v) is 12.8. The van der Waals surface area contributed by atoms with Crippen LogP contribution in [0, 0.1) is 6.92 Å². The Kier molecular flexibility index (Phi) is 7.11. The van der Waals surface area contributed by atoms with Crippen LogP contribution in [0.25, 0.3) is 17.0 Å². The summed E-state index contributed by atoms with van der Waals surface area (Å²) in [5.41, 5.74) is 1.55. The van der Waals surface area contributed by atoms with Gasteiger partial charge in [0.15, 0.2) is 5.17 Å². The summed E-state index contributed by atoms with van der Waals surface area (Å²) in [6, 6.07) is 9.83. The molecule has 3 aromatic rings. The number of amidine groups is 1. The summed E-state index contributed by atoms with van der Waals surface area (Å²) in [6.07, 6.45) is -1.04. The SMILES string of the molecule is Cc1ccc(Cn2ncc3cc(/C=C4\SC(N5CCN(CCO)CC5)=NC4=O)ccc32)c(C(F)(F)F)c1. The number of rotatable bonds is 5. The number of carbonyl (C=O) groups is 1. The first-order valence-electron chi connectivity index (χ1n) is 11.9. The molecule has 1 N–H and O–H groups in total. The number of halogens is 3. The molecule has 0 saturated carbocycles. The molecule has 2 aliphatic heterocycles. The number of hydrogen-bond donors (Lipinski definition) is 1. The molecule has 5 rings (SSSR count). The van der Waals surface area contributed by atoms with Gasteiger partial charge in [0.1, 0.15) is 0 Å². The molecule has 2 aliphatic rings. The molecule has 0 spiro atoms. The third-order valence-corrected chi connectivity index (χ3v) is 7.57. The second-order valence-corrected chi connectivity index (χ2v) is 10.2. The molecular formula is C26H26F3N5O2S. The Morgan fingerprint density at radius 3 is 2.62 bits per heavy atom. The molecule has 1 aromatic heterocycles. The van der Waals surface area contributed by atoms with Crippen molar-refractivity contribution in [1.29, 1.82) is 0 Å². The second kappa shape index (κ2) is 10.3. The number of aromatic nitrogens is 2. The van der Waals surface area contributed by atoms with Crippen molar-refractivity contribution in [3.8, 4) is 0 Å². The molecule has 3 heterocycles. The predicted molar refractivity (Wildman–Crippen MR) is 138 cm³/mol. The zero-order chi connectivity index (χ0) is 26.2. The molecule has 0 aliphatic carbocycles. The fourth-order valence-corrected chi connectivity index (χ4v) is 5.53. The van der Waals surface area contributed by atoms with Crippen molar-refractivity contribution in [2.75, 3.05) is 39.3 Å². The zero-order valence-electron chi connectivity index (χ0n) is 20.2. The molecule has 37 heavy (non-hydrogen) atoms. The number of benzene rings is 2. The van der Waals surface area contributed by atoms with Crippen LogP contribution in [0.1, 0.15) is 22.3 Å². The number of aliphatic imine (C=N–C) groups is 1. The molecule has 7 nitrogen and oxygen atoms in total. The van der Waals surface area contributed by atoms with Crippen molar-refractivity contribution in [3.05, 3.63) is 69.8 Å². The number of fused-ring (bicyclic) bond motifs is 1. The summed E-state index contributed by atoms with van der Waals surface area (Å²) in [5.74, 6) is -0.285. The van der Waals surface area contributed by atoms with Crippen LogP contribution in [0.15, 0.2) is 52.5 Å². The van der Waals surface area contributed by atoms with Gasteiger partial charge < -0.3 is 10.0 Å². The summed E-state index contributed by atoms with van der Waals surface area (Å²) in [7, 11) is 0. The van der Waals surface area contributed by atoms with E-state index in [1.807, 2.05) is 18.2 Å². The van der Waals surface area contributed by atoms with Crippen molar-refractivity contribution < 1.29 is 23.1 Å². The zero-order valence-corrected chi connectivity index (χ0v) is 21.0. The molecule has 11 heteroatoms. The van der Waals surface area contributed by atoms with Crippen LogP contribution in [0.5, 0.6) is 0 Å². The molecule has 0 unspecified atom stereocenters. The molecule has 0 radical (unpaired) electrons. The van der Waals surface area contributed by atoms with E-state index in [-0.39, 0.29) is 24.6 Å². The van der Waals surface area contributed by atoms with Gasteiger partial charge in [-0.1, -0.05) is 23.8 Å². The lowest BCUT2D eigenvalue weighted by Crippen LogP contribution is -2.48. The first kappa shape index (κ1) is 25.5. The van der Waals surface area contributed by atoms with E-state index < -0.39 is 11.7 Å². The van der Waals surface area contributed by atoms with E-state index in [0.29, 0.717) is 27.7 Å². The number of aliphatic hydroxyl groups excluding tert-OH is 1. The van der Waals surface area contributed by atoms with Crippen molar-refractivity contribution in [2.45, 2.75) is 19.6 Å². The van der Waals surface area contributed by atoms with Crippen molar-refractivity contribution in [1.82, 2.24) is 19.6 Å². The number of aryl methyl sites for hydroxylation is 1. The Hall–Kier alpha value is -3.15. The third kappa shape index (κ3) is 5.58. The molecule has 2 aromatic carbocycles. The third-order valence-electron chi connectivity index (χ3n) is 6.52. The van der Waals surface area contributed by atoms with Crippen LogP contribution in [0.4, 0.5) is 13.2 Å². The number of piperazine rings is 1. The van der Waals surface area contributed by atoms with Gasteiger partial charge in [-0.05, 0) is 54.1 Å². The minimum atomic E-state index is -4.44.